The normalized spacial score (nSPS) is 18.2. The molecule has 5 nitrogen and oxygen atoms in total. The average Bonchev–Trinajstić information content (AvgIpc) is 2.86. The fourth-order valence-corrected chi connectivity index (χ4v) is 3.46. The smallest absolute Gasteiger partial charge is 0.317 e. The molecule has 0 aliphatic carbocycles. The van der Waals surface area contributed by atoms with Crippen molar-refractivity contribution >= 4 is 11.9 Å². The van der Waals surface area contributed by atoms with Crippen LogP contribution in [0.15, 0.2) is 24.3 Å². The lowest BCUT2D eigenvalue weighted by Gasteiger charge is -2.25. The number of likely N-dealkylation sites (N-methyl/N-ethyl adjacent to an activating group) is 1. The molecule has 138 valence electrons. The highest BCUT2D eigenvalue weighted by Gasteiger charge is 2.23. The molecule has 1 saturated heterocycles. The zero-order chi connectivity index (χ0) is 18.2. The minimum atomic E-state index is -0.797. The predicted molar refractivity (Wildman–Crippen MR) is 98.6 cm³/mol. The van der Waals surface area contributed by atoms with Gasteiger partial charge >= 0.3 is 5.97 Å². The average molecular weight is 346 g/mol. The van der Waals surface area contributed by atoms with Crippen molar-refractivity contribution in [3.8, 4) is 0 Å². The van der Waals surface area contributed by atoms with Crippen LogP contribution in [0.1, 0.15) is 43.7 Å². The fraction of sp³-hybridized carbons (Fsp3) is 0.600. The molecule has 2 rings (SSSR count). The third kappa shape index (κ3) is 6.16. The number of aliphatic carboxylic acids is 1. The maximum absolute atomic E-state index is 12.5. The third-order valence-electron chi connectivity index (χ3n) is 5.12. The van der Waals surface area contributed by atoms with E-state index >= 15 is 0 Å². The Morgan fingerprint density at radius 1 is 1.16 bits per heavy atom. The maximum atomic E-state index is 12.5. The molecule has 1 aliphatic heterocycles. The van der Waals surface area contributed by atoms with Gasteiger partial charge in [-0.3, -0.25) is 14.5 Å². The largest absolute Gasteiger partial charge is 0.480 e. The standard InChI is InChI=1S/C20H30N2O3/c1-3-16-6-8-17(9-7-16)10-11-19(23)22-13-4-5-18(12-14-22)21(2)15-20(24)25/h6-9,18H,3-5,10-15H2,1-2H3,(H,24,25). The summed E-state index contributed by atoms with van der Waals surface area (Å²) in [6.07, 6.45) is 5.09. The predicted octanol–water partition coefficient (Wildman–Crippen LogP) is 2.58. The van der Waals surface area contributed by atoms with Crippen LogP contribution in [0.25, 0.3) is 0 Å². The summed E-state index contributed by atoms with van der Waals surface area (Å²) in [5, 5.41) is 8.93. The summed E-state index contributed by atoms with van der Waals surface area (Å²) in [4.78, 5) is 27.2. The van der Waals surface area contributed by atoms with Gasteiger partial charge in [-0.15, -0.1) is 0 Å². The summed E-state index contributed by atoms with van der Waals surface area (Å²) < 4.78 is 0. The summed E-state index contributed by atoms with van der Waals surface area (Å²) >= 11 is 0. The second-order valence-corrected chi connectivity index (χ2v) is 6.94. The molecule has 1 atom stereocenters. The molecule has 5 heteroatoms. The molecule has 1 N–H and O–H groups in total. The van der Waals surface area contributed by atoms with E-state index < -0.39 is 5.97 Å². The highest BCUT2D eigenvalue weighted by molar-refractivity contribution is 5.76. The number of amides is 1. The number of aryl methyl sites for hydroxylation is 2. The van der Waals surface area contributed by atoms with Crippen LogP contribution >= 0.6 is 0 Å². The van der Waals surface area contributed by atoms with Gasteiger partial charge in [0.25, 0.3) is 0 Å². The van der Waals surface area contributed by atoms with Gasteiger partial charge in [0.05, 0.1) is 6.54 Å². The van der Waals surface area contributed by atoms with E-state index in [0.29, 0.717) is 6.42 Å². The monoisotopic (exact) mass is 346 g/mol. The zero-order valence-electron chi connectivity index (χ0n) is 15.4. The van der Waals surface area contributed by atoms with E-state index in [1.165, 1.54) is 11.1 Å². The highest BCUT2D eigenvalue weighted by Crippen LogP contribution is 2.17. The van der Waals surface area contributed by atoms with Crippen LogP contribution in [-0.2, 0) is 22.4 Å². The Kier molecular flexibility index (Phi) is 7.44. The molecule has 0 bridgehead atoms. The first kappa shape index (κ1) is 19.4. The Hall–Kier alpha value is -1.88. The van der Waals surface area contributed by atoms with E-state index in [-0.39, 0.29) is 18.5 Å². The van der Waals surface area contributed by atoms with Gasteiger partial charge in [0.15, 0.2) is 0 Å². The summed E-state index contributed by atoms with van der Waals surface area (Å²) in [7, 11) is 1.86. The van der Waals surface area contributed by atoms with Crippen molar-refractivity contribution in [2.75, 3.05) is 26.7 Å². The van der Waals surface area contributed by atoms with Crippen LogP contribution in [0, 0.1) is 0 Å². The number of nitrogens with zero attached hydrogens (tertiary/aromatic N) is 2. The van der Waals surface area contributed by atoms with Gasteiger partial charge in [0, 0.05) is 25.6 Å². The number of rotatable bonds is 7. The number of carboxylic acids is 1. The minimum absolute atomic E-state index is 0.0619. The van der Waals surface area contributed by atoms with Crippen molar-refractivity contribution in [2.24, 2.45) is 0 Å². The zero-order valence-corrected chi connectivity index (χ0v) is 15.4. The molecule has 0 aromatic heterocycles. The van der Waals surface area contributed by atoms with Crippen LogP contribution < -0.4 is 0 Å². The number of benzene rings is 1. The first-order valence-electron chi connectivity index (χ1n) is 9.27. The molecule has 1 amide bonds. The topological polar surface area (TPSA) is 60.9 Å². The number of hydrogen-bond donors (Lipinski definition) is 1. The Balaban J connectivity index is 1.80. The van der Waals surface area contributed by atoms with Crippen molar-refractivity contribution in [3.63, 3.8) is 0 Å². The molecular formula is C20H30N2O3. The summed E-state index contributed by atoms with van der Waals surface area (Å²) in [5.41, 5.74) is 2.53. The van der Waals surface area contributed by atoms with E-state index in [2.05, 4.69) is 31.2 Å². The van der Waals surface area contributed by atoms with Gasteiger partial charge in [-0.2, -0.15) is 0 Å². The lowest BCUT2D eigenvalue weighted by Crippen LogP contribution is -2.37. The Morgan fingerprint density at radius 2 is 1.84 bits per heavy atom. The van der Waals surface area contributed by atoms with Crippen molar-refractivity contribution in [1.82, 2.24) is 9.80 Å². The van der Waals surface area contributed by atoms with Gasteiger partial charge < -0.3 is 10.0 Å². The van der Waals surface area contributed by atoms with E-state index in [4.69, 9.17) is 5.11 Å². The summed E-state index contributed by atoms with van der Waals surface area (Å²) in [6, 6.07) is 8.75. The van der Waals surface area contributed by atoms with Crippen LogP contribution in [0.5, 0.6) is 0 Å². The molecule has 25 heavy (non-hydrogen) atoms. The van der Waals surface area contributed by atoms with Gasteiger partial charge in [0.1, 0.15) is 0 Å². The molecule has 1 aromatic carbocycles. The number of carboxylic acid groups (broad SMARTS) is 1. The first-order chi connectivity index (χ1) is 12.0. The summed E-state index contributed by atoms with van der Waals surface area (Å²) in [5.74, 6) is -0.588. The number of carbonyl (C=O) groups excluding carboxylic acids is 1. The number of hydrogen-bond acceptors (Lipinski definition) is 3. The molecule has 1 fully saturated rings. The minimum Gasteiger partial charge on any atom is -0.480 e. The van der Waals surface area contributed by atoms with E-state index in [1.807, 2.05) is 16.8 Å². The lowest BCUT2D eigenvalue weighted by molar-refractivity contribution is -0.138. The molecule has 1 unspecified atom stereocenters. The fourth-order valence-electron chi connectivity index (χ4n) is 3.46. The van der Waals surface area contributed by atoms with E-state index in [9.17, 15) is 9.59 Å². The molecule has 0 radical (unpaired) electrons. The van der Waals surface area contributed by atoms with Gasteiger partial charge in [0.2, 0.25) is 5.91 Å². The molecular weight excluding hydrogens is 316 g/mol. The van der Waals surface area contributed by atoms with Crippen molar-refractivity contribution in [1.29, 1.82) is 0 Å². The second-order valence-electron chi connectivity index (χ2n) is 6.94. The quantitative estimate of drug-likeness (QED) is 0.824. The van der Waals surface area contributed by atoms with Gasteiger partial charge in [-0.1, -0.05) is 31.2 Å². The Bertz CT molecular complexity index is 571. The van der Waals surface area contributed by atoms with Gasteiger partial charge in [-0.05, 0) is 50.3 Å². The van der Waals surface area contributed by atoms with Crippen LogP contribution in [0.3, 0.4) is 0 Å². The maximum Gasteiger partial charge on any atom is 0.317 e. The molecule has 1 heterocycles. The number of carbonyl (C=O) groups is 2. The lowest BCUT2D eigenvalue weighted by atomic mass is 10.1. The second kappa shape index (κ2) is 9.56. The van der Waals surface area contributed by atoms with Crippen molar-refractivity contribution in [2.45, 2.75) is 51.5 Å². The SMILES string of the molecule is CCc1ccc(CCC(=O)N2CCCC(N(C)CC(=O)O)CC2)cc1. The molecule has 1 aromatic rings. The van der Waals surface area contributed by atoms with Crippen LogP contribution in [0.2, 0.25) is 0 Å². The summed E-state index contributed by atoms with van der Waals surface area (Å²) in [6.45, 7) is 3.71. The Morgan fingerprint density at radius 3 is 2.48 bits per heavy atom. The van der Waals surface area contributed by atoms with Crippen LogP contribution in [-0.4, -0.2) is 59.5 Å². The molecule has 1 aliphatic rings. The molecule has 0 spiro atoms. The van der Waals surface area contributed by atoms with Crippen molar-refractivity contribution < 1.29 is 14.7 Å². The van der Waals surface area contributed by atoms with E-state index in [0.717, 1.165) is 45.2 Å². The highest BCUT2D eigenvalue weighted by atomic mass is 16.4. The van der Waals surface area contributed by atoms with Crippen molar-refractivity contribution in [3.05, 3.63) is 35.4 Å². The first-order valence-corrected chi connectivity index (χ1v) is 9.27. The molecule has 0 saturated carbocycles. The Labute approximate surface area is 150 Å². The van der Waals surface area contributed by atoms with E-state index in [1.54, 1.807) is 0 Å². The third-order valence-corrected chi connectivity index (χ3v) is 5.12. The van der Waals surface area contributed by atoms with Crippen LogP contribution in [0.4, 0.5) is 0 Å². The van der Waals surface area contributed by atoms with Gasteiger partial charge in [-0.25, -0.2) is 0 Å². The number of likely N-dealkylation sites (tertiary alicyclic amines) is 1.